The van der Waals surface area contributed by atoms with E-state index in [4.69, 9.17) is 11.6 Å². The van der Waals surface area contributed by atoms with Crippen LogP contribution in [-0.4, -0.2) is 18.6 Å². The highest BCUT2D eigenvalue weighted by Crippen LogP contribution is 2.32. The Bertz CT molecular complexity index is 649. The minimum absolute atomic E-state index is 0.263. The molecule has 0 spiro atoms. The van der Waals surface area contributed by atoms with Gasteiger partial charge in [-0.15, -0.1) is 11.3 Å². The van der Waals surface area contributed by atoms with Crippen molar-refractivity contribution in [2.24, 2.45) is 0 Å². The van der Waals surface area contributed by atoms with E-state index in [1.54, 1.807) is 37.3 Å². The summed E-state index contributed by atoms with van der Waals surface area (Å²) in [5, 5.41) is 2.44. The van der Waals surface area contributed by atoms with Gasteiger partial charge in [0.25, 0.3) is 5.91 Å². The summed E-state index contributed by atoms with van der Waals surface area (Å²) in [6.45, 7) is 0.452. The van der Waals surface area contributed by atoms with Crippen molar-refractivity contribution in [3.63, 3.8) is 0 Å². The van der Waals surface area contributed by atoms with Crippen molar-refractivity contribution < 1.29 is 18.0 Å². The van der Waals surface area contributed by atoms with E-state index < -0.39 is 18.6 Å². The molecule has 1 heterocycles. The molecule has 7 heteroatoms. The predicted molar refractivity (Wildman–Crippen MR) is 77.9 cm³/mol. The van der Waals surface area contributed by atoms with Gasteiger partial charge < -0.3 is 5.32 Å². The zero-order valence-corrected chi connectivity index (χ0v) is 12.5. The molecule has 1 aromatic heterocycles. The van der Waals surface area contributed by atoms with E-state index >= 15 is 0 Å². The van der Waals surface area contributed by atoms with Crippen LogP contribution in [-0.2, 0) is 0 Å². The number of carbonyl (C=O) groups is 1. The van der Waals surface area contributed by atoms with Crippen LogP contribution in [0.5, 0.6) is 0 Å². The lowest BCUT2D eigenvalue weighted by atomic mass is 10.1. The maximum Gasteiger partial charge on any atom is 0.405 e. The molecular formula is C14H11ClF3NOS. The third-order valence-electron chi connectivity index (χ3n) is 2.67. The molecule has 2 aromatic rings. The molecule has 0 bridgehead atoms. The van der Waals surface area contributed by atoms with E-state index in [1.807, 2.05) is 5.32 Å². The molecule has 1 amide bonds. The Morgan fingerprint density at radius 1 is 1.29 bits per heavy atom. The van der Waals surface area contributed by atoms with Crippen LogP contribution >= 0.6 is 22.9 Å². The highest BCUT2D eigenvalue weighted by molar-refractivity contribution is 7.14. The first-order chi connectivity index (χ1) is 9.76. The molecule has 0 saturated carbocycles. The predicted octanol–water partition coefficient (Wildman–Crippen LogP) is 4.67. The first kappa shape index (κ1) is 15.9. The molecule has 0 atom stereocenters. The number of aryl methyl sites for hydroxylation is 1. The first-order valence-corrected chi connectivity index (χ1v) is 7.17. The number of thiophene rings is 1. The van der Waals surface area contributed by atoms with Gasteiger partial charge in [-0.3, -0.25) is 4.79 Å². The van der Waals surface area contributed by atoms with Crippen LogP contribution in [0.1, 0.15) is 14.5 Å². The number of hydrogen-bond acceptors (Lipinski definition) is 2. The Balaban J connectivity index is 2.28. The maximum absolute atomic E-state index is 12.2. The Kier molecular flexibility index (Phi) is 4.58. The molecule has 0 aliphatic rings. The van der Waals surface area contributed by atoms with Crippen molar-refractivity contribution in [2.75, 3.05) is 6.54 Å². The number of amides is 1. The summed E-state index contributed by atoms with van der Waals surface area (Å²) >= 11 is 6.96. The first-order valence-electron chi connectivity index (χ1n) is 5.97. The Morgan fingerprint density at radius 2 is 1.90 bits per heavy atom. The second-order valence-corrected chi connectivity index (χ2v) is 6.10. The van der Waals surface area contributed by atoms with Gasteiger partial charge >= 0.3 is 6.18 Å². The van der Waals surface area contributed by atoms with Crippen LogP contribution in [0.4, 0.5) is 13.2 Å². The molecule has 0 unspecified atom stereocenters. The number of carbonyl (C=O) groups excluding carboxylic acids is 1. The fourth-order valence-electron chi connectivity index (χ4n) is 1.79. The number of benzene rings is 1. The number of nitrogens with one attached hydrogen (secondary N) is 1. The van der Waals surface area contributed by atoms with Gasteiger partial charge in [-0.05, 0) is 30.7 Å². The molecule has 0 aliphatic heterocycles. The normalized spacial score (nSPS) is 11.5. The van der Waals surface area contributed by atoms with Gasteiger partial charge in [-0.25, -0.2) is 0 Å². The third-order valence-corrected chi connectivity index (χ3v) is 3.97. The summed E-state index contributed by atoms with van der Waals surface area (Å²) in [6.07, 6.45) is -4.43. The lowest BCUT2D eigenvalue weighted by molar-refractivity contribution is -0.123. The van der Waals surface area contributed by atoms with Crippen molar-refractivity contribution in [3.05, 3.63) is 45.1 Å². The molecule has 1 aromatic carbocycles. The second-order valence-electron chi connectivity index (χ2n) is 4.40. The van der Waals surface area contributed by atoms with Gasteiger partial charge in [0.2, 0.25) is 0 Å². The zero-order chi connectivity index (χ0) is 15.6. The van der Waals surface area contributed by atoms with E-state index in [9.17, 15) is 18.0 Å². The summed E-state index contributed by atoms with van der Waals surface area (Å²) in [5.74, 6) is -0.727. The van der Waals surface area contributed by atoms with Crippen molar-refractivity contribution in [1.82, 2.24) is 5.32 Å². The van der Waals surface area contributed by atoms with Gasteiger partial charge in [-0.2, -0.15) is 13.2 Å². The van der Waals surface area contributed by atoms with Crippen LogP contribution in [0.15, 0.2) is 30.3 Å². The number of rotatable bonds is 3. The molecule has 2 rings (SSSR count). The third kappa shape index (κ3) is 4.22. The molecule has 0 aliphatic carbocycles. The minimum Gasteiger partial charge on any atom is -0.342 e. The van der Waals surface area contributed by atoms with E-state index in [0.717, 1.165) is 21.8 Å². The summed E-state index contributed by atoms with van der Waals surface area (Å²) in [7, 11) is 0. The van der Waals surface area contributed by atoms with E-state index in [2.05, 4.69) is 0 Å². The molecule has 0 radical (unpaired) electrons. The van der Waals surface area contributed by atoms with Gasteiger partial charge in [-0.1, -0.05) is 23.7 Å². The second kappa shape index (κ2) is 6.07. The average Bonchev–Trinajstić information content (AvgIpc) is 2.78. The van der Waals surface area contributed by atoms with E-state index in [-0.39, 0.29) is 4.88 Å². The summed E-state index contributed by atoms with van der Waals surface area (Å²) in [6, 6.07) is 8.56. The lowest BCUT2D eigenvalue weighted by Crippen LogP contribution is -2.33. The lowest BCUT2D eigenvalue weighted by Gasteiger charge is -2.08. The molecule has 1 N–H and O–H groups in total. The monoisotopic (exact) mass is 333 g/mol. The quantitative estimate of drug-likeness (QED) is 0.869. The fraction of sp³-hybridized carbons (Fsp3) is 0.214. The molecule has 0 saturated heterocycles. The van der Waals surface area contributed by atoms with Gasteiger partial charge in [0.1, 0.15) is 6.54 Å². The van der Waals surface area contributed by atoms with Crippen molar-refractivity contribution >= 4 is 28.8 Å². The molecular weight excluding hydrogens is 323 g/mol. The number of alkyl halides is 3. The van der Waals surface area contributed by atoms with Crippen LogP contribution in [0.3, 0.4) is 0 Å². The molecule has 2 nitrogen and oxygen atoms in total. The van der Waals surface area contributed by atoms with Crippen molar-refractivity contribution in [2.45, 2.75) is 13.1 Å². The van der Waals surface area contributed by atoms with Crippen molar-refractivity contribution in [1.29, 1.82) is 0 Å². The van der Waals surface area contributed by atoms with Gasteiger partial charge in [0, 0.05) is 15.5 Å². The molecule has 21 heavy (non-hydrogen) atoms. The Labute approximate surface area is 128 Å². The highest BCUT2D eigenvalue weighted by atomic mass is 35.5. The number of hydrogen-bond donors (Lipinski definition) is 1. The van der Waals surface area contributed by atoms with E-state index in [1.165, 1.54) is 0 Å². The van der Waals surface area contributed by atoms with Crippen LogP contribution in [0.2, 0.25) is 5.02 Å². The largest absolute Gasteiger partial charge is 0.405 e. The summed E-state index contributed by atoms with van der Waals surface area (Å²) in [4.78, 5) is 13.0. The summed E-state index contributed by atoms with van der Waals surface area (Å²) in [5.41, 5.74) is 1.34. The number of halogens is 4. The smallest absolute Gasteiger partial charge is 0.342 e. The zero-order valence-electron chi connectivity index (χ0n) is 10.9. The van der Waals surface area contributed by atoms with Crippen LogP contribution in [0.25, 0.3) is 11.1 Å². The maximum atomic E-state index is 12.2. The van der Waals surface area contributed by atoms with Gasteiger partial charge in [0.15, 0.2) is 0 Å². The SMILES string of the molecule is Cc1cc(-c2ccc(Cl)cc2)c(C(=O)NCC(F)(F)F)s1. The van der Waals surface area contributed by atoms with E-state index in [0.29, 0.717) is 10.6 Å². The van der Waals surface area contributed by atoms with Crippen LogP contribution in [0, 0.1) is 6.92 Å². The van der Waals surface area contributed by atoms with Crippen LogP contribution < -0.4 is 5.32 Å². The standard InChI is InChI=1S/C14H11ClF3NOS/c1-8-6-11(9-2-4-10(15)5-3-9)12(21-8)13(20)19-7-14(16,17)18/h2-6H,7H2,1H3,(H,19,20). The molecule has 0 fully saturated rings. The Morgan fingerprint density at radius 3 is 2.48 bits per heavy atom. The Hall–Kier alpha value is -1.53. The average molecular weight is 334 g/mol. The molecule has 112 valence electrons. The summed E-state index contributed by atoms with van der Waals surface area (Å²) < 4.78 is 36.5. The van der Waals surface area contributed by atoms with Crippen molar-refractivity contribution in [3.8, 4) is 11.1 Å². The highest BCUT2D eigenvalue weighted by Gasteiger charge is 2.28. The minimum atomic E-state index is -4.43. The van der Waals surface area contributed by atoms with Gasteiger partial charge in [0.05, 0.1) is 4.88 Å². The topological polar surface area (TPSA) is 29.1 Å². The fourth-order valence-corrected chi connectivity index (χ4v) is 2.86.